The minimum Gasteiger partial charge on any atom is -0.316 e. The van der Waals surface area contributed by atoms with Gasteiger partial charge in [0.15, 0.2) is 0 Å². The zero-order valence-electron chi connectivity index (χ0n) is 10.8. The van der Waals surface area contributed by atoms with Gasteiger partial charge >= 0.3 is 0 Å². The molecule has 0 bridgehead atoms. The van der Waals surface area contributed by atoms with Crippen molar-refractivity contribution in [1.29, 1.82) is 0 Å². The molecule has 94 valence electrons. The topological polar surface area (TPSA) is 12.0 Å². The van der Waals surface area contributed by atoms with E-state index in [1.54, 1.807) is 0 Å². The van der Waals surface area contributed by atoms with Crippen LogP contribution >= 0.6 is 11.6 Å². The van der Waals surface area contributed by atoms with Crippen molar-refractivity contribution in [3.05, 3.63) is 34.9 Å². The fraction of sp³-hybridized carbons (Fsp3) is 0.600. The zero-order chi connectivity index (χ0) is 12.3. The van der Waals surface area contributed by atoms with E-state index >= 15 is 0 Å². The first-order valence-corrected chi connectivity index (χ1v) is 6.97. The number of hydrogen-bond acceptors (Lipinski definition) is 1. The molecule has 1 fully saturated rings. The largest absolute Gasteiger partial charge is 0.316 e. The Balaban J connectivity index is 2.06. The number of halogens is 1. The zero-order valence-corrected chi connectivity index (χ0v) is 11.6. The van der Waals surface area contributed by atoms with Gasteiger partial charge in [0, 0.05) is 11.6 Å². The molecule has 1 aliphatic carbocycles. The Kier molecular flexibility index (Phi) is 4.11. The predicted molar refractivity (Wildman–Crippen MR) is 74.5 cm³/mol. The summed E-state index contributed by atoms with van der Waals surface area (Å²) < 4.78 is 0. The Labute approximate surface area is 110 Å². The van der Waals surface area contributed by atoms with E-state index in [2.05, 4.69) is 37.4 Å². The summed E-state index contributed by atoms with van der Waals surface area (Å²) in [5.41, 5.74) is 1.76. The van der Waals surface area contributed by atoms with Gasteiger partial charge in [0.1, 0.15) is 0 Å². The van der Waals surface area contributed by atoms with Gasteiger partial charge in [-0.15, -0.1) is 0 Å². The molecule has 1 aliphatic rings. The summed E-state index contributed by atoms with van der Waals surface area (Å²) in [5.74, 6) is 0.889. The molecule has 1 atom stereocenters. The fourth-order valence-electron chi connectivity index (χ4n) is 2.66. The van der Waals surface area contributed by atoms with Gasteiger partial charge in [-0.1, -0.05) is 37.6 Å². The minimum atomic E-state index is 0.390. The normalized spacial score (nSPS) is 19.0. The summed E-state index contributed by atoms with van der Waals surface area (Å²) in [6.45, 7) is 6.75. The quantitative estimate of drug-likeness (QED) is 0.809. The van der Waals surface area contributed by atoms with Crippen LogP contribution in [0.3, 0.4) is 0 Å². The van der Waals surface area contributed by atoms with Crippen LogP contribution in [0.5, 0.6) is 0 Å². The molecule has 1 aromatic carbocycles. The van der Waals surface area contributed by atoms with Crippen molar-refractivity contribution in [2.24, 2.45) is 11.3 Å². The molecule has 0 aliphatic heterocycles. The van der Waals surface area contributed by atoms with Gasteiger partial charge in [0.2, 0.25) is 0 Å². The average Bonchev–Trinajstić information content (AvgIpc) is 3.10. The van der Waals surface area contributed by atoms with E-state index in [9.17, 15) is 0 Å². The maximum absolute atomic E-state index is 6.06. The SMILES string of the molecule is CCNCC(C)(Cc1cccc(Cl)c1)C1CC1. The molecule has 17 heavy (non-hydrogen) atoms. The van der Waals surface area contributed by atoms with Gasteiger partial charge in [0.05, 0.1) is 0 Å². The van der Waals surface area contributed by atoms with E-state index < -0.39 is 0 Å². The fourth-order valence-corrected chi connectivity index (χ4v) is 2.87. The van der Waals surface area contributed by atoms with Crippen LogP contribution in [0.1, 0.15) is 32.3 Å². The van der Waals surface area contributed by atoms with E-state index in [-0.39, 0.29) is 0 Å². The lowest BCUT2D eigenvalue weighted by atomic mass is 9.79. The molecule has 2 rings (SSSR count). The van der Waals surface area contributed by atoms with Crippen LogP contribution in [0.4, 0.5) is 0 Å². The van der Waals surface area contributed by atoms with Crippen molar-refractivity contribution < 1.29 is 0 Å². The Morgan fingerprint density at radius 3 is 2.76 bits per heavy atom. The van der Waals surface area contributed by atoms with Crippen LogP contribution < -0.4 is 5.32 Å². The Morgan fingerprint density at radius 2 is 2.18 bits per heavy atom. The highest BCUT2D eigenvalue weighted by Gasteiger charge is 2.40. The lowest BCUT2D eigenvalue weighted by molar-refractivity contribution is 0.258. The van der Waals surface area contributed by atoms with E-state index in [1.807, 2.05) is 6.07 Å². The van der Waals surface area contributed by atoms with Gasteiger partial charge in [-0.2, -0.15) is 0 Å². The first-order valence-electron chi connectivity index (χ1n) is 6.59. The van der Waals surface area contributed by atoms with Crippen molar-refractivity contribution in [3.63, 3.8) is 0 Å². The lowest BCUT2D eigenvalue weighted by Gasteiger charge is -2.30. The van der Waals surface area contributed by atoms with E-state index in [0.29, 0.717) is 5.41 Å². The molecule has 0 amide bonds. The number of nitrogens with one attached hydrogen (secondary N) is 1. The van der Waals surface area contributed by atoms with Crippen LogP contribution in [-0.2, 0) is 6.42 Å². The van der Waals surface area contributed by atoms with Crippen molar-refractivity contribution >= 4 is 11.6 Å². The minimum absolute atomic E-state index is 0.390. The second kappa shape index (κ2) is 5.41. The summed E-state index contributed by atoms with van der Waals surface area (Å²) in [6.07, 6.45) is 3.91. The highest BCUT2D eigenvalue weighted by atomic mass is 35.5. The Hall–Kier alpha value is -0.530. The smallest absolute Gasteiger partial charge is 0.0408 e. The molecule has 0 aromatic heterocycles. The van der Waals surface area contributed by atoms with Crippen molar-refractivity contribution in [3.8, 4) is 0 Å². The molecule has 0 saturated heterocycles. The van der Waals surface area contributed by atoms with Crippen molar-refractivity contribution in [1.82, 2.24) is 5.32 Å². The van der Waals surface area contributed by atoms with E-state index in [0.717, 1.165) is 30.5 Å². The van der Waals surface area contributed by atoms with Crippen LogP contribution in [0.15, 0.2) is 24.3 Å². The maximum Gasteiger partial charge on any atom is 0.0408 e. The molecular weight excluding hydrogens is 230 g/mol. The van der Waals surface area contributed by atoms with E-state index in [1.165, 1.54) is 18.4 Å². The summed E-state index contributed by atoms with van der Waals surface area (Å²) in [7, 11) is 0. The molecule has 0 radical (unpaired) electrons. The van der Waals surface area contributed by atoms with Crippen LogP contribution in [0.25, 0.3) is 0 Å². The predicted octanol–water partition coefficient (Wildman–Crippen LogP) is 3.91. The second-order valence-electron chi connectivity index (χ2n) is 5.52. The molecule has 1 unspecified atom stereocenters. The van der Waals surface area contributed by atoms with Gasteiger partial charge in [-0.25, -0.2) is 0 Å². The third kappa shape index (κ3) is 3.46. The first kappa shape index (κ1) is 12.9. The van der Waals surface area contributed by atoms with Crippen LogP contribution in [0.2, 0.25) is 5.02 Å². The highest BCUT2D eigenvalue weighted by Crippen LogP contribution is 2.47. The lowest BCUT2D eigenvalue weighted by Crippen LogP contribution is -2.35. The molecule has 2 heteroatoms. The molecule has 0 heterocycles. The van der Waals surface area contributed by atoms with Crippen molar-refractivity contribution in [2.45, 2.75) is 33.1 Å². The molecule has 1 aromatic rings. The molecule has 0 spiro atoms. The summed E-state index contributed by atoms with van der Waals surface area (Å²) in [6, 6.07) is 8.30. The summed E-state index contributed by atoms with van der Waals surface area (Å²) in [4.78, 5) is 0. The second-order valence-corrected chi connectivity index (χ2v) is 5.95. The van der Waals surface area contributed by atoms with Crippen LogP contribution in [-0.4, -0.2) is 13.1 Å². The number of rotatable bonds is 6. The maximum atomic E-state index is 6.06. The first-order chi connectivity index (χ1) is 8.14. The van der Waals surface area contributed by atoms with Crippen LogP contribution in [0, 0.1) is 11.3 Å². The Morgan fingerprint density at radius 1 is 1.41 bits per heavy atom. The number of hydrogen-bond donors (Lipinski definition) is 1. The van der Waals surface area contributed by atoms with Crippen molar-refractivity contribution in [2.75, 3.05) is 13.1 Å². The molecule has 1 nitrogen and oxygen atoms in total. The molecular formula is C15H22ClN. The third-order valence-corrected chi connectivity index (χ3v) is 4.07. The van der Waals surface area contributed by atoms with Gasteiger partial charge in [0.25, 0.3) is 0 Å². The van der Waals surface area contributed by atoms with Gasteiger partial charge < -0.3 is 5.32 Å². The van der Waals surface area contributed by atoms with E-state index in [4.69, 9.17) is 11.6 Å². The summed E-state index contributed by atoms with van der Waals surface area (Å²) in [5, 5.41) is 4.36. The van der Waals surface area contributed by atoms with Gasteiger partial charge in [-0.05, 0) is 54.8 Å². The Bertz CT molecular complexity index is 373. The van der Waals surface area contributed by atoms with Gasteiger partial charge in [-0.3, -0.25) is 0 Å². The third-order valence-electron chi connectivity index (χ3n) is 3.84. The monoisotopic (exact) mass is 251 g/mol. The average molecular weight is 252 g/mol. The molecule has 1 saturated carbocycles. The number of benzene rings is 1. The molecule has 1 N–H and O–H groups in total. The summed E-state index contributed by atoms with van der Waals surface area (Å²) >= 11 is 6.06. The standard InChI is InChI=1S/C15H22ClN/c1-3-17-11-15(2,13-7-8-13)10-12-5-4-6-14(16)9-12/h4-6,9,13,17H,3,7-8,10-11H2,1-2H3. The highest BCUT2D eigenvalue weighted by molar-refractivity contribution is 6.30.